The monoisotopic (exact) mass is 366 g/mol. The van der Waals surface area contributed by atoms with E-state index in [0.29, 0.717) is 10.2 Å². The van der Waals surface area contributed by atoms with E-state index in [4.69, 9.17) is 4.74 Å². The molecule has 2 N–H and O–H groups in total. The maximum Gasteiger partial charge on any atom is 0.272 e. The summed E-state index contributed by atoms with van der Waals surface area (Å²) in [6, 6.07) is 10.3. The van der Waals surface area contributed by atoms with E-state index in [9.17, 15) is 14.0 Å². The molecule has 0 saturated carbocycles. The molecule has 114 valence electrons. The topological polar surface area (TPSA) is 67.4 Å². The Labute approximate surface area is 134 Å². The average Bonchev–Trinajstić information content (AvgIpc) is 2.53. The fourth-order valence-corrected chi connectivity index (χ4v) is 2.13. The molecule has 0 aliphatic rings. The van der Waals surface area contributed by atoms with Gasteiger partial charge in [0.1, 0.15) is 11.6 Å². The Balaban J connectivity index is 2.07. The molecular weight excluding hydrogens is 355 g/mol. The molecule has 0 saturated heterocycles. The number of hydrazine groups is 1. The van der Waals surface area contributed by atoms with E-state index >= 15 is 0 Å². The highest BCUT2D eigenvalue weighted by atomic mass is 79.9. The maximum atomic E-state index is 13.5. The van der Waals surface area contributed by atoms with Gasteiger partial charge in [0.2, 0.25) is 0 Å². The van der Waals surface area contributed by atoms with Crippen LogP contribution in [0.2, 0.25) is 0 Å². The van der Waals surface area contributed by atoms with Gasteiger partial charge in [-0.25, -0.2) is 4.39 Å². The van der Waals surface area contributed by atoms with E-state index in [-0.39, 0.29) is 11.1 Å². The minimum Gasteiger partial charge on any atom is -0.497 e. The summed E-state index contributed by atoms with van der Waals surface area (Å²) < 4.78 is 19.0. The van der Waals surface area contributed by atoms with Crippen LogP contribution in [0.4, 0.5) is 4.39 Å². The first-order valence-corrected chi connectivity index (χ1v) is 7.01. The molecule has 0 aliphatic heterocycles. The van der Waals surface area contributed by atoms with Crippen LogP contribution in [0.25, 0.3) is 0 Å². The van der Waals surface area contributed by atoms with Crippen LogP contribution in [0, 0.1) is 5.82 Å². The van der Waals surface area contributed by atoms with Gasteiger partial charge in [-0.1, -0.05) is 12.1 Å². The second-order valence-corrected chi connectivity index (χ2v) is 5.09. The lowest BCUT2D eigenvalue weighted by Gasteiger charge is -2.10. The van der Waals surface area contributed by atoms with Crippen LogP contribution in [0.15, 0.2) is 46.9 Å². The summed E-state index contributed by atoms with van der Waals surface area (Å²) in [5.41, 5.74) is 4.50. The normalized spacial score (nSPS) is 9.95. The van der Waals surface area contributed by atoms with Crippen LogP contribution in [-0.4, -0.2) is 18.9 Å². The first-order chi connectivity index (χ1) is 10.5. The van der Waals surface area contributed by atoms with Gasteiger partial charge in [0.15, 0.2) is 0 Å². The van der Waals surface area contributed by atoms with E-state index < -0.39 is 17.6 Å². The van der Waals surface area contributed by atoms with Crippen LogP contribution in [0.3, 0.4) is 0 Å². The largest absolute Gasteiger partial charge is 0.497 e. The lowest BCUT2D eigenvalue weighted by Crippen LogP contribution is -2.42. The number of amides is 2. The maximum absolute atomic E-state index is 13.5. The van der Waals surface area contributed by atoms with Gasteiger partial charge in [-0.3, -0.25) is 20.4 Å². The van der Waals surface area contributed by atoms with E-state index in [1.807, 2.05) is 0 Å². The molecule has 2 aromatic rings. The Morgan fingerprint density at radius 2 is 1.68 bits per heavy atom. The summed E-state index contributed by atoms with van der Waals surface area (Å²) in [5.74, 6) is -1.48. The van der Waals surface area contributed by atoms with Gasteiger partial charge in [0.25, 0.3) is 11.8 Å². The second kappa shape index (κ2) is 7.04. The zero-order valence-electron chi connectivity index (χ0n) is 11.5. The van der Waals surface area contributed by atoms with E-state index in [1.54, 1.807) is 12.1 Å². The van der Waals surface area contributed by atoms with Crippen molar-refractivity contribution >= 4 is 27.7 Å². The second-order valence-electron chi connectivity index (χ2n) is 4.23. The van der Waals surface area contributed by atoms with Crippen molar-refractivity contribution in [3.05, 3.63) is 63.9 Å². The molecule has 5 nitrogen and oxygen atoms in total. The zero-order valence-corrected chi connectivity index (χ0v) is 13.1. The number of hydrogen-bond donors (Lipinski definition) is 2. The fraction of sp³-hybridized carbons (Fsp3) is 0.0667. The number of rotatable bonds is 3. The highest BCUT2D eigenvalue weighted by molar-refractivity contribution is 9.10. The molecule has 0 radical (unpaired) electrons. The molecule has 0 unspecified atom stereocenters. The highest BCUT2D eigenvalue weighted by Gasteiger charge is 2.14. The van der Waals surface area contributed by atoms with Crippen molar-refractivity contribution in [3.8, 4) is 5.75 Å². The minimum absolute atomic E-state index is 0.160. The van der Waals surface area contributed by atoms with Crippen molar-refractivity contribution in [2.45, 2.75) is 0 Å². The van der Waals surface area contributed by atoms with Gasteiger partial charge in [-0.05, 0) is 46.3 Å². The van der Waals surface area contributed by atoms with Crippen molar-refractivity contribution in [3.63, 3.8) is 0 Å². The smallest absolute Gasteiger partial charge is 0.272 e. The molecule has 0 fully saturated rings. The lowest BCUT2D eigenvalue weighted by atomic mass is 10.2. The Kier molecular flexibility index (Phi) is 5.11. The molecule has 2 rings (SSSR count). The van der Waals surface area contributed by atoms with Gasteiger partial charge < -0.3 is 4.74 Å². The molecule has 2 amide bonds. The molecule has 0 heterocycles. The van der Waals surface area contributed by atoms with Gasteiger partial charge in [0.05, 0.1) is 18.2 Å². The predicted molar refractivity (Wildman–Crippen MR) is 82.0 cm³/mol. The van der Waals surface area contributed by atoms with Gasteiger partial charge >= 0.3 is 0 Å². The first-order valence-electron chi connectivity index (χ1n) is 6.21. The molecule has 0 aromatic heterocycles. The summed E-state index contributed by atoms with van der Waals surface area (Å²) >= 11 is 3.23. The van der Waals surface area contributed by atoms with Crippen molar-refractivity contribution in [1.29, 1.82) is 0 Å². The van der Waals surface area contributed by atoms with Gasteiger partial charge in [-0.15, -0.1) is 0 Å². The quantitative estimate of drug-likeness (QED) is 0.820. The molecule has 0 spiro atoms. The van der Waals surface area contributed by atoms with Crippen molar-refractivity contribution in [2.75, 3.05) is 7.11 Å². The fourth-order valence-electron chi connectivity index (χ4n) is 1.70. The van der Waals surface area contributed by atoms with Crippen LogP contribution in [0.1, 0.15) is 20.7 Å². The number of methoxy groups -OCH3 is 1. The van der Waals surface area contributed by atoms with Crippen LogP contribution in [0.5, 0.6) is 5.75 Å². The average molecular weight is 367 g/mol. The third-order valence-electron chi connectivity index (χ3n) is 2.83. The number of carbonyl (C=O) groups is 2. The van der Waals surface area contributed by atoms with Crippen molar-refractivity contribution in [1.82, 2.24) is 10.9 Å². The number of hydrogen-bond acceptors (Lipinski definition) is 3. The lowest BCUT2D eigenvalue weighted by molar-refractivity contribution is 0.0843. The zero-order chi connectivity index (χ0) is 16.1. The summed E-state index contributed by atoms with van der Waals surface area (Å²) in [7, 11) is 1.48. The van der Waals surface area contributed by atoms with Crippen LogP contribution >= 0.6 is 15.9 Å². The molecule has 0 atom stereocenters. The predicted octanol–water partition coefficient (Wildman–Crippen LogP) is 2.67. The Bertz CT molecular complexity index is 722. The van der Waals surface area contributed by atoms with Gasteiger partial charge in [-0.2, -0.15) is 0 Å². The molecule has 22 heavy (non-hydrogen) atoms. The van der Waals surface area contributed by atoms with E-state index in [2.05, 4.69) is 26.8 Å². The standard InChI is InChI=1S/C15H12BrFN2O3/c1-22-9-6-7-12(16)11(8-9)15(21)19-18-14(20)10-4-2-3-5-13(10)17/h2-8H,1H3,(H,18,20)(H,19,21). The van der Waals surface area contributed by atoms with Crippen molar-refractivity contribution in [2.24, 2.45) is 0 Å². The Morgan fingerprint density at radius 3 is 2.32 bits per heavy atom. The highest BCUT2D eigenvalue weighted by Crippen LogP contribution is 2.22. The van der Waals surface area contributed by atoms with E-state index in [1.165, 1.54) is 31.4 Å². The Hall–Kier alpha value is -2.41. The first kappa shape index (κ1) is 16.0. The minimum atomic E-state index is -0.745. The number of carbonyl (C=O) groups excluding carboxylic acids is 2. The SMILES string of the molecule is COc1ccc(Br)c(C(=O)NNC(=O)c2ccccc2F)c1. The summed E-state index contributed by atoms with van der Waals surface area (Å²) in [6.45, 7) is 0. The number of ether oxygens (including phenoxy) is 1. The summed E-state index contributed by atoms with van der Waals surface area (Å²) in [5, 5.41) is 0. The van der Waals surface area contributed by atoms with Crippen molar-refractivity contribution < 1.29 is 18.7 Å². The molecule has 7 heteroatoms. The molecular formula is C15H12BrFN2O3. The van der Waals surface area contributed by atoms with Crippen LogP contribution < -0.4 is 15.6 Å². The molecule has 0 aliphatic carbocycles. The summed E-state index contributed by atoms with van der Waals surface area (Å²) in [4.78, 5) is 23.9. The van der Waals surface area contributed by atoms with Crippen LogP contribution in [-0.2, 0) is 0 Å². The Morgan fingerprint density at radius 1 is 1.05 bits per heavy atom. The number of halogens is 2. The molecule has 0 bridgehead atoms. The third kappa shape index (κ3) is 3.62. The molecule has 2 aromatic carbocycles. The van der Waals surface area contributed by atoms with E-state index in [0.717, 1.165) is 6.07 Å². The number of nitrogens with one attached hydrogen (secondary N) is 2. The summed E-state index contributed by atoms with van der Waals surface area (Å²) in [6.07, 6.45) is 0. The third-order valence-corrected chi connectivity index (χ3v) is 3.52. The number of benzene rings is 2. The van der Waals surface area contributed by atoms with Gasteiger partial charge in [0, 0.05) is 4.47 Å².